The van der Waals surface area contributed by atoms with Crippen molar-refractivity contribution in [2.45, 2.75) is 44.9 Å². The van der Waals surface area contributed by atoms with Gasteiger partial charge in [0.1, 0.15) is 0 Å². The molecule has 1 aliphatic carbocycles. The molecular weight excluding hydrogens is 773 g/mol. The summed E-state index contributed by atoms with van der Waals surface area (Å²) in [6.45, 7) is 9.48. The molecule has 241 valence electrons. The van der Waals surface area contributed by atoms with Crippen LogP contribution in [0.4, 0.5) is 0 Å². The van der Waals surface area contributed by atoms with Crippen molar-refractivity contribution in [3.05, 3.63) is 157 Å². The van der Waals surface area contributed by atoms with Crippen LogP contribution in [0.5, 0.6) is 0 Å². The van der Waals surface area contributed by atoms with Crippen LogP contribution in [0, 0.1) is 6.07 Å². The molecule has 1 radical (unpaired) electrons. The second-order valence-electron chi connectivity index (χ2n) is 14.7. The third-order valence-corrected chi connectivity index (χ3v) is 10.5. The van der Waals surface area contributed by atoms with E-state index in [1.165, 1.54) is 61.2 Å². The molecule has 49 heavy (non-hydrogen) atoms. The van der Waals surface area contributed by atoms with E-state index in [4.69, 9.17) is 4.98 Å². The molecule has 0 amide bonds. The van der Waals surface area contributed by atoms with Gasteiger partial charge in [0.25, 0.3) is 0 Å². The summed E-state index contributed by atoms with van der Waals surface area (Å²) in [6, 6.07) is 52.0. The van der Waals surface area contributed by atoms with Crippen LogP contribution in [0.2, 0.25) is 0 Å². The van der Waals surface area contributed by atoms with Gasteiger partial charge in [-0.15, -0.1) is 23.6 Å². The molecule has 2 aromatic heterocycles. The van der Waals surface area contributed by atoms with Gasteiger partial charge in [-0.25, -0.2) is 0 Å². The standard InChI is InChI=1S/C46H37N2.Ir/c1-45(2)29-46(3,4)41-28-43-42(27-40(41)45)47-44-39-20-12-19-37(38(39)21-22-48(43)44)33-18-11-17-32(23-33)36-25-34(30-13-7-5-8-14-30)24-35(26-36)31-15-9-6-10-16-31;/h5-19,21-28H,29H2,1-4H3;/q-1;. The molecule has 0 spiro atoms. The van der Waals surface area contributed by atoms with Crippen molar-refractivity contribution in [2.75, 3.05) is 0 Å². The molecule has 2 nitrogen and oxygen atoms in total. The van der Waals surface area contributed by atoms with E-state index in [9.17, 15) is 0 Å². The molecule has 6 aromatic carbocycles. The summed E-state index contributed by atoms with van der Waals surface area (Å²) in [5.41, 5.74) is 16.0. The SMILES string of the molecule is CC1(C)CC(C)(C)c2cc3c(cc21)nc1c2[c-]ccc(-c4cccc(-c5cc(-c6ccccc6)cc(-c6ccccc6)c5)c4)c2ccn31.[Ir]. The summed E-state index contributed by atoms with van der Waals surface area (Å²) in [4.78, 5) is 5.24. The maximum Gasteiger partial charge on any atom is 0.0777 e. The van der Waals surface area contributed by atoms with Gasteiger partial charge < -0.3 is 4.40 Å². The van der Waals surface area contributed by atoms with Gasteiger partial charge in [-0.05, 0) is 110 Å². The molecule has 0 saturated carbocycles. The second-order valence-corrected chi connectivity index (χ2v) is 14.7. The van der Waals surface area contributed by atoms with E-state index in [0.717, 1.165) is 28.4 Å². The smallest absolute Gasteiger partial charge is 0.0777 e. The van der Waals surface area contributed by atoms with Gasteiger partial charge in [0, 0.05) is 20.1 Å². The summed E-state index contributed by atoms with van der Waals surface area (Å²) < 4.78 is 2.26. The van der Waals surface area contributed by atoms with Crippen LogP contribution in [0.25, 0.3) is 72.0 Å². The Morgan fingerprint density at radius 2 is 1.12 bits per heavy atom. The summed E-state index contributed by atoms with van der Waals surface area (Å²) in [7, 11) is 0. The molecule has 0 atom stereocenters. The fourth-order valence-corrected chi connectivity index (χ4v) is 8.41. The minimum atomic E-state index is 0. The van der Waals surface area contributed by atoms with E-state index in [1.54, 1.807) is 0 Å². The number of nitrogens with zero attached hydrogens (tertiary/aromatic N) is 2. The molecule has 0 N–H and O–H groups in total. The van der Waals surface area contributed by atoms with Crippen LogP contribution < -0.4 is 0 Å². The van der Waals surface area contributed by atoms with Crippen LogP contribution in [0.3, 0.4) is 0 Å². The van der Waals surface area contributed by atoms with Crippen molar-refractivity contribution in [3.63, 3.8) is 0 Å². The number of hydrogen-bond donors (Lipinski definition) is 0. The van der Waals surface area contributed by atoms with Crippen LogP contribution >= 0.6 is 0 Å². The van der Waals surface area contributed by atoms with E-state index in [2.05, 4.69) is 178 Å². The third kappa shape index (κ3) is 5.24. The number of pyridine rings is 1. The second kappa shape index (κ2) is 11.7. The predicted octanol–water partition coefficient (Wildman–Crippen LogP) is 12.1. The first-order chi connectivity index (χ1) is 23.2. The summed E-state index contributed by atoms with van der Waals surface area (Å²) in [5.74, 6) is 0. The maximum atomic E-state index is 5.24. The van der Waals surface area contributed by atoms with E-state index in [-0.39, 0.29) is 30.9 Å². The Kier molecular flexibility index (Phi) is 7.48. The minimum Gasteiger partial charge on any atom is -0.341 e. The van der Waals surface area contributed by atoms with Crippen molar-refractivity contribution in [1.82, 2.24) is 9.38 Å². The van der Waals surface area contributed by atoms with Crippen LogP contribution in [-0.2, 0) is 30.9 Å². The molecule has 0 aliphatic heterocycles. The van der Waals surface area contributed by atoms with Crippen molar-refractivity contribution < 1.29 is 20.1 Å². The zero-order valence-electron chi connectivity index (χ0n) is 28.2. The predicted molar refractivity (Wildman–Crippen MR) is 201 cm³/mol. The first kappa shape index (κ1) is 31.4. The van der Waals surface area contributed by atoms with Crippen LogP contribution in [-0.4, -0.2) is 9.38 Å². The molecule has 0 unspecified atom stereocenters. The molecule has 0 bridgehead atoms. The molecule has 0 saturated heterocycles. The Hall–Kier alpha value is -4.82. The average Bonchev–Trinajstić information content (AvgIpc) is 3.57. The Bertz CT molecular complexity index is 2470. The number of rotatable bonds is 4. The van der Waals surface area contributed by atoms with Gasteiger partial charge in [0.2, 0.25) is 0 Å². The maximum absolute atomic E-state index is 5.24. The van der Waals surface area contributed by atoms with E-state index >= 15 is 0 Å². The summed E-state index contributed by atoms with van der Waals surface area (Å²) in [5, 5.41) is 2.21. The molecule has 2 heterocycles. The molecule has 0 fully saturated rings. The number of aromatic nitrogens is 2. The zero-order chi connectivity index (χ0) is 32.6. The Morgan fingerprint density at radius 3 is 1.78 bits per heavy atom. The number of imidazole rings is 1. The summed E-state index contributed by atoms with van der Waals surface area (Å²) in [6.07, 6.45) is 3.34. The average molecular weight is 810 g/mol. The Balaban J connectivity index is 0.00000348. The molecular formula is C46H37IrN2-. The van der Waals surface area contributed by atoms with Gasteiger partial charge in [-0.1, -0.05) is 124 Å². The number of fused-ring (bicyclic) bond motifs is 6. The van der Waals surface area contributed by atoms with E-state index in [1.807, 2.05) is 0 Å². The number of hydrogen-bond acceptors (Lipinski definition) is 1. The fourth-order valence-electron chi connectivity index (χ4n) is 8.41. The van der Waals surface area contributed by atoms with Crippen molar-refractivity contribution in [3.8, 4) is 44.5 Å². The third-order valence-electron chi connectivity index (χ3n) is 10.5. The Labute approximate surface area is 301 Å². The van der Waals surface area contributed by atoms with Crippen molar-refractivity contribution in [2.24, 2.45) is 0 Å². The van der Waals surface area contributed by atoms with Crippen LogP contribution in [0.15, 0.2) is 140 Å². The van der Waals surface area contributed by atoms with Crippen molar-refractivity contribution >= 4 is 27.5 Å². The van der Waals surface area contributed by atoms with E-state index in [0.29, 0.717) is 0 Å². The molecule has 9 rings (SSSR count). The summed E-state index contributed by atoms with van der Waals surface area (Å²) >= 11 is 0. The van der Waals surface area contributed by atoms with Gasteiger partial charge >= 0.3 is 0 Å². The first-order valence-corrected chi connectivity index (χ1v) is 16.9. The van der Waals surface area contributed by atoms with Gasteiger partial charge in [0.05, 0.1) is 16.7 Å². The largest absolute Gasteiger partial charge is 0.341 e. The zero-order valence-corrected chi connectivity index (χ0v) is 30.6. The quantitative estimate of drug-likeness (QED) is 0.162. The normalized spacial score (nSPS) is 14.6. The van der Waals surface area contributed by atoms with E-state index < -0.39 is 0 Å². The molecule has 8 aromatic rings. The molecule has 1 aliphatic rings. The van der Waals surface area contributed by atoms with Crippen molar-refractivity contribution in [1.29, 1.82) is 0 Å². The first-order valence-electron chi connectivity index (χ1n) is 16.9. The van der Waals surface area contributed by atoms with Gasteiger partial charge in [-0.2, -0.15) is 0 Å². The monoisotopic (exact) mass is 810 g/mol. The Morgan fingerprint density at radius 1 is 0.571 bits per heavy atom. The van der Waals surface area contributed by atoms with Crippen LogP contribution in [0.1, 0.15) is 45.2 Å². The fraction of sp³-hybridized carbons (Fsp3) is 0.152. The number of benzene rings is 6. The van der Waals surface area contributed by atoms with Gasteiger partial charge in [-0.3, -0.25) is 4.98 Å². The topological polar surface area (TPSA) is 17.3 Å². The van der Waals surface area contributed by atoms with Gasteiger partial charge in [0.15, 0.2) is 0 Å². The minimum absolute atomic E-state index is 0. The molecule has 3 heteroatoms.